The summed E-state index contributed by atoms with van der Waals surface area (Å²) in [4.78, 5) is 9.76. The molecule has 0 amide bonds. The van der Waals surface area contributed by atoms with Crippen LogP contribution in [0.25, 0.3) is 0 Å². The van der Waals surface area contributed by atoms with Gasteiger partial charge in [0.25, 0.3) is 0 Å². The summed E-state index contributed by atoms with van der Waals surface area (Å²) in [6.07, 6.45) is 2.15. The lowest BCUT2D eigenvalue weighted by Crippen LogP contribution is -2.53. The van der Waals surface area contributed by atoms with Gasteiger partial charge in [0.1, 0.15) is 0 Å². The highest BCUT2D eigenvalue weighted by molar-refractivity contribution is 7.99. The van der Waals surface area contributed by atoms with Crippen molar-refractivity contribution < 1.29 is 0 Å². The number of nitrogens with one attached hydrogen (secondary N) is 1. The van der Waals surface area contributed by atoms with E-state index in [1.165, 1.54) is 6.54 Å². The molecule has 1 aliphatic heterocycles. The quantitative estimate of drug-likeness (QED) is 0.600. The standard InChI is InChI=1S/C15H32N4S/c1-6-16-15(17-11-14(4)20-5)19-9-7-18(8-10-19)12-13(2)3/h13-14H,6-12H2,1-5H3,(H,16,17). The van der Waals surface area contributed by atoms with Crippen molar-refractivity contribution in [3.63, 3.8) is 0 Å². The van der Waals surface area contributed by atoms with Crippen LogP contribution in [0.4, 0.5) is 0 Å². The SMILES string of the molecule is CCNC(=NCC(C)SC)N1CCN(CC(C)C)CC1. The van der Waals surface area contributed by atoms with E-state index in [4.69, 9.17) is 4.99 Å². The summed E-state index contributed by atoms with van der Waals surface area (Å²) in [5.74, 6) is 1.85. The van der Waals surface area contributed by atoms with Gasteiger partial charge in [-0.15, -0.1) is 0 Å². The fourth-order valence-corrected chi connectivity index (χ4v) is 2.60. The third kappa shape index (κ3) is 6.35. The van der Waals surface area contributed by atoms with E-state index in [0.717, 1.165) is 51.1 Å². The van der Waals surface area contributed by atoms with Crippen LogP contribution in [0.2, 0.25) is 0 Å². The zero-order valence-electron chi connectivity index (χ0n) is 13.9. The first-order chi connectivity index (χ1) is 9.56. The first-order valence-corrected chi connectivity index (χ1v) is 9.14. The molecule has 0 spiro atoms. The molecular weight excluding hydrogens is 268 g/mol. The van der Waals surface area contributed by atoms with Gasteiger partial charge in [0.05, 0.1) is 6.54 Å². The molecule has 5 heteroatoms. The molecule has 0 radical (unpaired) electrons. The molecule has 1 aliphatic rings. The molecule has 1 rings (SSSR count). The predicted octanol–water partition coefficient (Wildman–Crippen LogP) is 1.98. The van der Waals surface area contributed by atoms with E-state index in [-0.39, 0.29) is 0 Å². The molecule has 1 fully saturated rings. The number of aliphatic imine (C=N–C) groups is 1. The van der Waals surface area contributed by atoms with Crippen LogP contribution in [-0.2, 0) is 0 Å². The molecule has 1 unspecified atom stereocenters. The molecule has 0 aliphatic carbocycles. The molecule has 0 bridgehead atoms. The van der Waals surface area contributed by atoms with Crippen molar-refractivity contribution in [3.8, 4) is 0 Å². The van der Waals surface area contributed by atoms with Gasteiger partial charge in [-0.2, -0.15) is 11.8 Å². The Hall–Kier alpha value is -0.420. The zero-order valence-corrected chi connectivity index (χ0v) is 14.7. The second-order valence-electron chi connectivity index (χ2n) is 5.92. The molecule has 20 heavy (non-hydrogen) atoms. The minimum atomic E-state index is 0.589. The van der Waals surface area contributed by atoms with Crippen molar-refractivity contribution in [2.45, 2.75) is 32.9 Å². The van der Waals surface area contributed by atoms with E-state index in [9.17, 15) is 0 Å². The first-order valence-electron chi connectivity index (χ1n) is 7.85. The van der Waals surface area contributed by atoms with Gasteiger partial charge in [-0.3, -0.25) is 9.89 Å². The number of rotatable bonds is 6. The van der Waals surface area contributed by atoms with Crippen LogP contribution in [0, 0.1) is 5.92 Å². The zero-order chi connectivity index (χ0) is 15.0. The Morgan fingerprint density at radius 3 is 2.35 bits per heavy atom. The topological polar surface area (TPSA) is 30.9 Å². The highest BCUT2D eigenvalue weighted by atomic mass is 32.2. The summed E-state index contributed by atoms with van der Waals surface area (Å²) in [6, 6.07) is 0. The number of thioether (sulfide) groups is 1. The van der Waals surface area contributed by atoms with Gasteiger partial charge in [-0.05, 0) is 19.1 Å². The van der Waals surface area contributed by atoms with Gasteiger partial charge in [0, 0.05) is 44.5 Å². The number of hydrogen-bond acceptors (Lipinski definition) is 3. The van der Waals surface area contributed by atoms with Crippen molar-refractivity contribution in [1.82, 2.24) is 15.1 Å². The lowest BCUT2D eigenvalue weighted by Gasteiger charge is -2.37. The number of hydrogen-bond donors (Lipinski definition) is 1. The van der Waals surface area contributed by atoms with Crippen LogP contribution < -0.4 is 5.32 Å². The van der Waals surface area contributed by atoms with Crippen molar-refractivity contribution >= 4 is 17.7 Å². The van der Waals surface area contributed by atoms with Gasteiger partial charge in [0.2, 0.25) is 0 Å². The highest BCUT2D eigenvalue weighted by Gasteiger charge is 2.19. The minimum Gasteiger partial charge on any atom is -0.357 e. The second-order valence-corrected chi connectivity index (χ2v) is 7.20. The molecule has 0 aromatic heterocycles. The Kier molecular flexibility index (Phi) is 8.38. The van der Waals surface area contributed by atoms with Gasteiger partial charge in [-0.1, -0.05) is 20.8 Å². The molecule has 1 saturated heterocycles. The van der Waals surface area contributed by atoms with Crippen LogP contribution in [0.1, 0.15) is 27.7 Å². The van der Waals surface area contributed by atoms with E-state index < -0.39 is 0 Å². The van der Waals surface area contributed by atoms with E-state index in [1.54, 1.807) is 0 Å². The Morgan fingerprint density at radius 2 is 1.85 bits per heavy atom. The van der Waals surface area contributed by atoms with E-state index >= 15 is 0 Å². The van der Waals surface area contributed by atoms with Gasteiger partial charge in [0.15, 0.2) is 5.96 Å². The van der Waals surface area contributed by atoms with E-state index in [2.05, 4.69) is 49.1 Å². The lowest BCUT2D eigenvalue weighted by molar-refractivity contribution is 0.164. The summed E-state index contributed by atoms with van der Waals surface area (Å²) in [7, 11) is 0. The predicted molar refractivity (Wildman–Crippen MR) is 91.8 cm³/mol. The molecular formula is C15H32N4S. The van der Waals surface area contributed by atoms with Crippen LogP contribution in [0.15, 0.2) is 4.99 Å². The maximum absolute atomic E-state index is 4.79. The summed E-state index contributed by atoms with van der Waals surface area (Å²) < 4.78 is 0. The largest absolute Gasteiger partial charge is 0.357 e. The molecule has 1 N–H and O–H groups in total. The average Bonchev–Trinajstić information content (AvgIpc) is 2.43. The molecule has 0 aromatic carbocycles. The Labute approximate surface area is 129 Å². The van der Waals surface area contributed by atoms with Crippen molar-refractivity contribution in [1.29, 1.82) is 0 Å². The number of guanidine groups is 1. The molecule has 118 valence electrons. The fourth-order valence-electron chi connectivity index (χ4n) is 2.37. The van der Waals surface area contributed by atoms with Crippen LogP contribution in [-0.4, -0.2) is 73.1 Å². The average molecular weight is 301 g/mol. The monoisotopic (exact) mass is 300 g/mol. The van der Waals surface area contributed by atoms with Crippen molar-refractivity contribution in [3.05, 3.63) is 0 Å². The van der Waals surface area contributed by atoms with Crippen molar-refractivity contribution in [2.75, 3.05) is 52.1 Å². The van der Waals surface area contributed by atoms with E-state index in [1.807, 2.05) is 11.8 Å². The molecule has 4 nitrogen and oxygen atoms in total. The Morgan fingerprint density at radius 1 is 1.20 bits per heavy atom. The van der Waals surface area contributed by atoms with Gasteiger partial charge < -0.3 is 10.2 Å². The van der Waals surface area contributed by atoms with Gasteiger partial charge >= 0.3 is 0 Å². The normalized spacial score (nSPS) is 19.5. The number of piperazine rings is 1. The van der Waals surface area contributed by atoms with Gasteiger partial charge in [-0.25, -0.2) is 0 Å². The van der Waals surface area contributed by atoms with Crippen molar-refractivity contribution in [2.24, 2.45) is 10.9 Å². The second kappa shape index (κ2) is 9.50. The third-order valence-corrected chi connectivity index (χ3v) is 4.48. The van der Waals surface area contributed by atoms with E-state index in [0.29, 0.717) is 5.25 Å². The summed E-state index contributed by atoms with van der Waals surface area (Å²) >= 11 is 1.88. The fraction of sp³-hybridized carbons (Fsp3) is 0.933. The first kappa shape index (κ1) is 17.6. The smallest absolute Gasteiger partial charge is 0.194 e. The summed E-state index contributed by atoms with van der Waals surface area (Å²) in [6.45, 7) is 16.5. The number of nitrogens with zero attached hydrogens (tertiary/aromatic N) is 3. The minimum absolute atomic E-state index is 0.589. The van der Waals surface area contributed by atoms with Crippen LogP contribution >= 0.6 is 11.8 Å². The summed E-state index contributed by atoms with van der Waals surface area (Å²) in [5.41, 5.74) is 0. The van der Waals surface area contributed by atoms with Crippen LogP contribution in [0.5, 0.6) is 0 Å². The molecule has 0 saturated carbocycles. The Bertz CT molecular complexity index is 286. The lowest BCUT2D eigenvalue weighted by atomic mass is 10.2. The Balaban J connectivity index is 2.48. The third-order valence-electron chi connectivity index (χ3n) is 3.53. The summed E-state index contributed by atoms with van der Waals surface area (Å²) in [5, 5.41) is 4.02. The molecule has 1 heterocycles. The molecule has 1 atom stereocenters. The highest BCUT2D eigenvalue weighted by Crippen LogP contribution is 2.08. The molecule has 0 aromatic rings. The maximum Gasteiger partial charge on any atom is 0.194 e. The van der Waals surface area contributed by atoms with Crippen LogP contribution in [0.3, 0.4) is 0 Å². The maximum atomic E-state index is 4.79.